The number of rotatable bonds is 11. The molecule has 114 valence electrons. The van der Waals surface area contributed by atoms with E-state index in [9.17, 15) is 0 Å². The predicted molar refractivity (Wildman–Crippen MR) is 78.5 cm³/mol. The summed E-state index contributed by atoms with van der Waals surface area (Å²) < 4.78 is 15.6. The summed E-state index contributed by atoms with van der Waals surface area (Å²) in [5.74, 6) is 2.01. The quantitative estimate of drug-likeness (QED) is 0.594. The summed E-state index contributed by atoms with van der Waals surface area (Å²) in [4.78, 5) is 8.28. The molecule has 7 heteroatoms. The van der Waals surface area contributed by atoms with E-state index in [4.69, 9.17) is 14.2 Å². The lowest BCUT2D eigenvalue weighted by Crippen LogP contribution is -2.09. The first-order valence-corrected chi connectivity index (χ1v) is 6.70. The molecule has 0 amide bonds. The minimum absolute atomic E-state index is 0.631. The van der Waals surface area contributed by atoms with Crippen LogP contribution in [0.25, 0.3) is 0 Å². The van der Waals surface area contributed by atoms with E-state index in [1.54, 1.807) is 21.3 Å². The third-order valence-electron chi connectivity index (χ3n) is 2.68. The Bertz CT molecular complexity index is 377. The van der Waals surface area contributed by atoms with Crippen molar-refractivity contribution < 1.29 is 14.2 Å². The highest BCUT2D eigenvalue weighted by Crippen LogP contribution is 2.28. The van der Waals surface area contributed by atoms with Gasteiger partial charge in [-0.05, 0) is 12.8 Å². The van der Waals surface area contributed by atoms with Crippen LogP contribution < -0.4 is 15.4 Å². The summed E-state index contributed by atoms with van der Waals surface area (Å²) in [5.41, 5.74) is 0. The molecule has 0 saturated carbocycles. The monoisotopic (exact) mass is 284 g/mol. The lowest BCUT2D eigenvalue weighted by Gasteiger charge is -2.12. The van der Waals surface area contributed by atoms with Crippen molar-refractivity contribution in [1.29, 1.82) is 0 Å². The van der Waals surface area contributed by atoms with Gasteiger partial charge in [-0.1, -0.05) is 0 Å². The van der Waals surface area contributed by atoms with Gasteiger partial charge in [-0.3, -0.25) is 0 Å². The molecule has 0 spiro atoms. The predicted octanol–water partition coefficient (Wildman–Crippen LogP) is 1.38. The van der Waals surface area contributed by atoms with Crippen LogP contribution in [0.1, 0.15) is 12.8 Å². The highest BCUT2D eigenvalue weighted by atomic mass is 16.5. The molecule has 2 N–H and O–H groups in total. The number of hydrogen-bond donors (Lipinski definition) is 2. The molecule has 0 aliphatic rings. The van der Waals surface area contributed by atoms with Crippen LogP contribution in [0.5, 0.6) is 5.75 Å². The molecule has 1 aromatic heterocycles. The zero-order valence-corrected chi connectivity index (χ0v) is 12.4. The fraction of sp³-hybridized carbons (Fsp3) is 0.692. The number of anilines is 2. The van der Waals surface area contributed by atoms with Crippen LogP contribution in [0.15, 0.2) is 6.33 Å². The summed E-state index contributed by atoms with van der Waals surface area (Å²) in [7, 11) is 5.07. The Morgan fingerprint density at radius 2 is 1.85 bits per heavy atom. The Labute approximate surface area is 120 Å². The standard InChI is InChI=1S/C13H24N4O3/c1-14-12-11(19-3)13(17-10-16-12)15-6-4-5-7-20-9-8-18-2/h10H,4-9H2,1-3H3,(H2,14,15,16,17). The molecule has 0 saturated heterocycles. The Morgan fingerprint density at radius 3 is 2.55 bits per heavy atom. The maximum Gasteiger partial charge on any atom is 0.204 e. The molecular weight excluding hydrogens is 260 g/mol. The number of nitrogens with one attached hydrogen (secondary N) is 2. The smallest absolute Gasteiger partial charge is 0.204 e. The lowest BCUT2D eigenvalue weighted by atomic mass is 10.3. The molecule has 0 fully saturated rings. The summed E-state index contributed by atoms with van der Waals surface area (Å²) in [6, 6.07) is 0. The minimum Gasteiger partial charge on any atom is -0.490 e. The van der Waals surface area contributed by atoms with Crippen LogP contribution in [0.2, 0.25) is 0 Å². The zero-order chi connectivity index (χ0) is 14.6. The molecule has 0 aromatic carbocycles. The van der Waals surface area contributed by atoms with Crippen LogP contribution in [0.3, 0.4) is 0 Å². The normalized spacial score (nSPS) is 10.3. The van der Waals surface area contributed by atoms with E-state index in [-0.39, 0.29) is 0 Å². The van der Waals surface area contributed by atoms with Crippen molar-refractivity contribution in [3.63, 3.8) is 0 Å². The highest BCUT2D eigenvalue weighted by molar-refractivity contribution is 5.63. The van der Waals surface area contributed by atoms with E-state index in [1.165, 1.54) is 6.33 Å². The molecule has 1 rings (SSSR count). The first kappa shape index (κ1) is 16.5. The van der Waals surface area contributed by atoms with Gasteiger partial charge in [-0.2, -0.15) is 0 Å². The molecular formula is C13H24N4O3. The third kappa shape index (κ3) is 5.58. The van der Waals surface area contributed by atoms with E-state index >= 15 is 0 Å². The Kier molecular flexibility index (Phi) is 8.41. The van der Waals surface area contributed by atoms with Crippen LogP contribution in [-0.4, -0.2) is 57.6 Å². The first-order chi connectivity index (χ1) is 9.83. The van der Waals surface area contributed by atoms with Gasteiger partial charge in [0.05, 0.1) is 20.3 Å². The lowest BCUT2D eigenvalue weighted by molar-refractivity contribution is 0.0691. The second-order valence-electron chi connectivity index (χ2n) is 4.09. The van der Waals surface area contributed by atoms with Gasteiger partial charge >= 0.3 is 0 Å². The topological polar surface area (TPSA) is 77.5 Å². The van der Waals surface area contributed by atoms with Gasteiger partial charge < -0.3 is 24.8 Å². The Balaban J connectivity index is 2.25. The first-order valence-electron chi connectivity index (χ1n) is 6.70. The summed E-state index contributed by atoms with van der Waals surface area (Å²) in [6.07, 6.45) is 3.49. The average molecular weight is 284 g/mol. The van der Waals surface area contributed by atoms with Crippen LogP contribution in [-0.2, 0) is 9.47 Å². The van der Waals surface area contributed by atoms with Gasteiger partial charge in [0.2, 0.25) is 5.75 Å². The van der Waals surface area contributed by atoms with Crippen molar-refractivity contribution in [3.05, 3.63) is 6.33 Å². The summed E-state index contributed by atoms with van der Waals surface area (Å²) in [5, 5.41) is 6.21. The molecule has 0 aliphatic heterocycles. The van der Waals surface area contributed by atoms with E-state index in [0.29, 0.717) is 30.6 Å². The van der Waals surface area contributed by atoms with Gasteiger partial charge in [-0.15, -0.1) is 0 Å². The van der Waals surface area contributed by atoms with Crippen molar-refractivity contribution in [2.75, 3.05) is 58.3 Å². The molecule has 0 atom stereocenters. The van der Waals surface area contributed by atoms with Gasteiger partial charge in [0.15, 0.2) is 11.6 Å². The Hall–Kier alpha value is -1.60. The maximum absolute atomic E-state index is 5.39. The van der Waals surface area contributed by atoms with Gasteiger partial charge in [0.25, 0.3) is 0 Å². The number of hydrogen-bond acceptors (Lipinski definition) is 7. The van der Waals surface area contributed by atoms with Crippen molar-refractivity contribution in [2.45, 2.75) is 12.8 Å². The van der Waals surface area contributed by atoms with E-state index in [2.05, 4.69) is 20.6 Å². The summed E-state index contributed by atoms with van der Waals surface area (Å²) >= 11 is 0. The van der Waals surface area contributed by atoms with Crippen molar-refractivity contribution >= 4 is 11.6 Å². The second-order valence-corrected chi connectivity index (χ2v) is 4.09. The number of methoxy groups -OCH3 is 2. The fourth-order valence-corrected chi connectivity index (χ4v) is 1.65. The van der Waals surface area contributed by atoms with Crippen molar-refractivity contribution in [1.82, 2.24) is 9.97 Å². The third-order valence-corrected chi connectivity index (χ3v) is 2.68. The highest BCUT2D eigenvalue weighted by Gasteiger charge is 2.09. The van der Waals surface area contributed by atoms with E-state index in [0.717, 1.165) is 26.0 Å². The van der Waals surface area contributed by atoms with E-state index in [1.807, 2.05) is 0 Å². The average Bonchev–Trinajstić information content (AvgIpc) is 2.49. The molecule has 1 heterocycles. The number of nitrogens with zero attached hydrogens (tertiary/aromatic N) is 2. The van der Waals surface area contributed by atoms with Crippen LogP contribution in [0.4, 0.5) is 11.6 Å². The minimum atomic E-state index is 0.631. The summed E-state index contributed by atoms with van der Waals surface area (Å²) in [6.45, 7) is 2.84. The van der Waals surface area contributed by atoms with E-state index < -0.39 is 0 Å². The molecule has 0 aliphatic carbocycles. The Morgan fingerprint density at radius 1 is 1.05 bits per heavy atom. The maximum atomic E-state index is 5.39. The second kappa shape index (κ2) is 10.2. The van der Waals surface area contributed by atoms with Gasteiger partial charge in [-0.25, -0.2) is 9.97 Å². The van der Waals surface area contributed by atoms with Gasteiger partial charge in [0.1, 0.15) is 6.33 Å². The number of unbranched alkanes of at least 4 members (excludes halogenated alkanes) is 1. The SMILES string of the molecule is CNc1ncnc(NCCCCOCCOC)c1OC. The number of aromatic nitrogens is 2. The van der Waals surface area contributed by atoms with Crippen LogP contribution in [0, 0.1) is 0 Å². The zero-order valence-electron chi connectivity index (χ0n) is 12.4. The van der Waals surface area contributed by atoms with Crippen LogP contribution >= 0.6 is 0 Å². The molecule has 1 aromatic rings. The number of ether oxygens (including phenoxy) is 3. The molecule has 20 heavy (non-hydrogen) atoms. The largest absolute Gasteiger partial charge is 0.490 e. The molecule has 0 bridgehead atoms. The fourth-order valence-electron chi connectivity index (χ4n) is 1.65. The van der Waals surface area contributed by atoms with Crippen molar-refractivity contribution in [3.8, 4) is 5.75 Å². The van der Waals surface area contributed by atoms with Gasteiger partial charge in [0, 0.05) is 27.3 Å². The molecule has 0 radical (unpaired) electrons. The molecule has 7 nitrogen and oxygen atoms in total. The molecule has 0 unspecified atom stereocenters. The van der Waals surface area contributed by atoms with Crippen molar-refractivity contribution in [2.24, 2.45) is 0 Å².